The number of likely N-dealkylation sites (tertiary alicyclic amines) is 1. The standard InChI is InChI=1S/C15H22N2O/c1-18-14-4-2-12(3-5-14)15(7-8-15)11-17-9-6-13(16)10-17/h2-5,13H,6-11,16H2,1H3. The predicted octanol–water partition coefficient (Wildman–Crippen LogP) is 1.76. The minimum atomic E-state index is 0.386. The Morgan fingerprint density at radius 2 is 2.06 bits per heavy atom. The van der Waals surface area contributed by atoms with Crippen LogP contribution in [0.25, 0.3) is 0 Å². The second-order valence-corrected chi connectivity index (χ2v) is 5.79. The van der Waals surface area contributed by atoms with Gasteiger partial charge >= 0.3 is 0 Å². The van der Waals surface area contributed by atoms with Gasteiger partial charge in [-0.15, -0.1) is 0 Å². The molecule has 3 nitrogen and oxygen atoms in total. The highest BCUT2D eigenvalue weighted by atomic mass is 16.5. The van der Waals surface area contributed by atoms with Gasteiger partial charge in [0, 0.05) is 24.5 Å². The fourth-order valence-corrected chi connectivity index (χ4v) is 3.07. The number of methoxy groups -OCH3 is 1. The molecular formula is C15H22N2O. The molecule has 0 radical (unpaired) electrons. The van der Waals surface area contributed by atoms with Crippen LogP contribution in [-0.4, -0.2) is 37.7 Å². The van der Waals surface area contributed by atoms with Gasteiger partial charge in [-0.05, 0) is 43.5 Å². The van der Waals surface area contributed by atoms with Crippen molar-refractivity contribution in [1.82, 2.24) is 4.90 Å². The summed E-state index contributed by atoms with van der Waals surface area (Å²) in [5.41, 5.74) is 7.84. The molecule has 1 saturated carbocycles. The van der Waals surface area contributed by atoms with Crippen LogP contribution in [0.5, 0.6) is 5.75 Å². The molecule has 0 amide bonds. The zero-order chi connectivity index (χ0) is 12.6. The van der Waals surface area contributed by atoms with Gasteiger partial charge in [-0.1, -0.05) is 12.1 Å². The molecule has 1 atom stereocenters. The molecule has 1 aliphatic heterocycles. The van der Waals surface area contributed by atoms with Crippen molar-refractivity contribution in [3.05, 3.63) is 29.8 Å². The fraction of sp³-hybridized carbons (Fsp3) is 0.600. The number of benzene rings is 1. The highest BCUT2D eigenvalue weighted by Crippen LogP contribution is 2.49. The van der Waals surface area contributed by atoms with Gasteiger partial charge in [-0.3, -0.25) is 0 Å². The third-order valence-corrected chi connectivity index (χ3v) is 4.39. The number of hydrogen-bond acceptors (Lipinski definition) is 3. The van der Waals surface area contributed by atoms with Crippen molar-refractivity contribution in [2.75, 3.05) is 26.7 Å². The van der Waals surface area contributed by atoms with Crippen LogP contribution in [-0.2, 0) is 5.41 Å². The molecule has 1 saturated heterocycles. The average molecular weight is 246 g/mol. The van der Waals surface area contributed by atoms with Crippen LogP contribution in [0, 0.1) is 0 Å². The maximum Gasteiger partial charge on any atom is 0.118 e. The number of ether oxygens (including phenoxy) is 1. The molecule has 1 aliphatic carbocycles. The van der Waals surface area contributed by atoms with E-state index in [0.717, 1.165) is 18.7 Å². The van der Waals surface area contributed by atoms with E-state index in [0.29, 0.717) is 11.5 Å². The van der Waals surface area contributed by atoms with Gasteiger partial charge in [0.2, 0.25) is 0 Å². The summed E-state index contributed by atoms with van der Waals surface area (Å²) in [5, 5.41) is 0. The maximum absolute atomic E-state index is 5.98. The Labute approximate surface area is 109 Å². The van der Waals surface area contributed by atoms with E-state index in [1.807, 2.05) is 0 Å². The van der Waals surface area contributed by atoms with Crippen molar-refractivity contribution < 1.29 is 4.74 Å². The summed E-state index contributed by atoms with van der Waals surface area (Å²) in [5.74, 6) is 0.942. The molecule has 1 aromatic carbocycles. The van der Waals surface area contributed by atoms with Crippen molar-refractivity contribution in [2.45, 2.75) is 30.7 Å². The molecular weight excluding hydrogens is 224 g/mol. The first-order valence-corrected chi connectivity index (χ1v) is 6.84. The highest BCUT2D eigenvalue weighted by Gasteiger charge is 2.45. The molecule has 2 N–H and O–H groups in total. The molecule has 3 rings (SSSR count). The van der Waals surface area contributed by atoms with E-state index in [4.69, 9.17) is 10.5 Å². The van der Waals surface area contributed by atoms with Gasteiger partial charge in [0.25, 0.3) is 0 Å². The van der Waals surface area contributed by atoms with Gasteiger partial charge in [0.1, 0.15) is 5.75 Å². The highest BCUT2D eigenvalue weighted by molar-refractivity contribution is 5.36. The van der Waals surface area contributed by atoms with Crippen molar-refractivity contribution >= 4 is 0 Å². The SMILES string of the molecule is COc1ccc(C2(CN3CCC(N)C3)CC2)cc1. The van der Waals surface area contributed by atoms with E-state index in [1.165, 1.54) is 31.5 Å². The second-order valence-electron chi connectivity index (χ2n) is 5.79. The number of rotatable bonds is 4. The van der Waals surface area contributed by atoms with E-state index >= 15 is 0 Å². The predicted molar refractivity (Wildman–Crippen MR) is 72.9 cm³/mol. The van der Waals surface area contributed by atoms with Crippen molar-refractivity contribution in [3.8, 4) is 5.75 Å². The van der Waals surface area contributed by atoms with Crippen molar-refractivity contribution in [2.24, 2.45) is 5.73 Å². The van der Waals surface area contributed by atoms with E-state index in [2.05, 4.69) is 29.2 Å². The molecule has 0 spiro atoms. The Morgan fingerprint density at radius 3 is 2.56 bits per heavy atom. The van der Waals surface area contributed by atoms with E-state index < -0.39 is 0 Å². The molecule has 98 valence electrons. The largest absolute Gasteiger partial charge is 0.497 e. The smallest absolute Gasteiger partial charge is 0.118 e. The molecule has 1 aromatic rings. The fourth-order valence-electron chi connectivity index (χ4n) is 3.07. The van der Waals surface area contributed by atoms with Crippen molar-refractivity contribution in [3.63, 3.8) is 0 Å². The first-order chi connectivity index (χ1) is 8.72. The minimum absolute atomic E-state index is 0.386. The van der Waals surface area contributed by atoms with Crippen LogP contribution < -0.4 is 10.5 Å². The Kier molecular flexibility index (Phi) is 3.04. The lowest BCUT2D eigenvalue weighted by Crippen LogP contribution is -2.33. The summed E-state index contributed by atoms with van der Waals surface area (Å²) in [4.78, 5) is 2.53. The molecule has 2 fully saturated rings. The van der Waals surface area contributed by atoms with Gasteiger partial charge in [0.15, 0.2) is 0 Å². The van der Waals surface area contributed by atoms with E-state index in [9.17, 15) is 0 Å². The molecule has 1 heterocycles. The zero-order valence-electron chi connectivity index (χ0n) is 11.1. The van der Waals surface area contributed by atoms with Crippen LogP contribution in [0.4, 0.5) is 0 Å². The topological polar surface area (TPSA) is 38.5 Å². The minimum Gasteiger partial charge on any atom is -0.497 e. The molecule has 0 bridgehead atoms. The van der Waals surface area contributed by atoms with E-state index in [1.54, 1.807) is 7.11 Å². The van der Waals surface area contributed by atoms with Crippen LogP contribution in [0.15, 0.2) is 24.3 Å². The third-order valence-electron chi connectivity index (χ3n) is 4.39. The lowest BCUT2D eigenvalue weighted by molar-refractivity contribution is 0.301. The molecule has 2 aliphatic rings. The Balaban J connectivity index is 1.70. The lowest BCUT2D eigenvalue weighted by Gasteiger charge is -2.23. The molecule has 18 heavy (non-hydrogen) atoms. The summed E-state index contributed by atoms with van der Waals surface area (Å²) in [6, 6.07) is 8.98. The molecule has 0 aromatic heterocycles. The van der Waals surface area contributed by atoms with Crippen LogP contribution in [0.2, 0.25) is 0 Å². The van der Waals surface area contributed by atoms with Gasteiger partial charge < -0.3 is 15.4 Å². The first kappa shape index (κ1) is 12.0. The quantitative estimate of drug-likeness (QED) is 0.880. The van der Waals surface area contributed by atoms with Gasteiger partial charge in [-0.2, -0.15) is 0 Å². The maximum atomic E-state index is 5.98. The second kappa shape index (κ2) is 4.56. The zero-order valence-corrected chi connectivity index (χ0v) is 11.1. The molecule has 3 heteroatoms. The Morgan fingerprint density at radius 1 is 1.33 bits per heavy atom. The summed E-state index contributed by atoms with van der Waals surface area (Å²) in [7, 11) is 1.72. The first-order valence-electron chi connectivity index (χ1n) is 6.84. The summed E-state index contributed by atoms with van der Waals surface area (Å²) in [6.07, 6.45) is 3.77. The molecule has 1 unspecified atom stereocenters. The van der Waals surface area contributed by atoms with Crippen LogP contribution in [0.1, 0.15) is 24.8 Å². The number of nitrogens with zero attached hydrogens (tertiary/aromatic N) is 1. The van der Waals surface area contributed by atoms with Gasteiger partial charge in [-0.25, -0.2) is 0 Å². The average Bonchev–Trinajstić information content (AvgIpc) is 3.06. The number of nitrogens with two attached hydrogens (primary N) is 1. The van der Waals surface area contributed by atoms with Gasteiger partial charge in [0.05, 0.1) is 7.11 Å². The Bertz CT molecular complexity index is 411. The van der Waals surface area contributed by atoms with Crippen LogP contribution >= 0.6 is 0 Å². The monoisotopic (exact) mass is 246 g/mol. The Hall–Kier alpha value is -1.06. The van der Waals surface area contributed by atoms with Crippen LogP contribution in [0.3, 0.4) is 0 Å². The van der Waals surface area contributed by atoms with E-state index in [-0.39, 0.29) is 0 Å². The third kappa shape index (κ3) is 2.25. The summed E-state index contributed by atoms with van der Waals surface area (Å²) < 4.78 is 5.22. The normalized spacial score (nSPS) is 26.2. The number of hydrogen-bond donors (Lipinski definition) is 1. The lowest BCUT2D eigenvalue weighted by atomic mass is 9.95. The summed E-state index contributed by atoms with van der Waals surface area (Å²) >= 11 is 0. The van der Waals surface area contributed by atoms with Crippen molar-refractivity contribution in [1.29, 1.82) is 0 Å². The summed E-state index contributed by atoms with van der Waals surface area (Å²) in [6.45, 7) is 3.41.